The molecule has 2 aromatic rings. The Morgan fingerprint density at radius 1 is 1.33 bits per heavy atom. The van der Waals surface area contributed by atoms with Crippen LogP contribution < -0.4 is 5.43 Å². The van der Waals surface area contributed by atoms with Crippen LogP contribution in [-0.4, -0.2) is 29.7 Å². The van der Waals surface area contributed by atoms with E-state index < -0.39 is 0 Å². The molecular weight excluding hydrogens is 232 g/mol. The monoisotopic (exact) mass is 246 g/mol. The summed E-state index contributed by atoms with van der Waals surface area (Å²) in [6.07, 6.45) is 1.62. The van der Waals surface area contributed by atoms with Crippen LogP contribution in [0.2, 0.25) is 0 Å². The predicted octanol–water partition coefficient (Wildman–Crippen LogP) is 1.02. The Hall–Kier alpha value is -2.14. The van der Waals surface area contributed by atoms with Crippen molar-refractivity contribution in [2.45, 2.75) is 6.54 Å². The first-order valence-electron chi connectivity index (χ1n) is 5.52. The molecule has 5 nitrogen and oxygen atoms in total. The fourth-order valence-electron chi connectivity index (χ4n) is 1.75. The molecule has 0 bridgehead atoms. The largest absolute Gasteiger partial charge is 0.338 e. The SMILES string of the molecule is CON(C)C(=O)Cn1ccc(=O)c2ccccc21. The van der Waals surface area contributed by atoms with Crippen LogP contribution in [0.25, 0.3) is 10.9 Å². The summed E-state index contributed by atoms with van der Waals surface area (Å²) in [5.41, 5.74) is 0.692. The fraction of sp³-hybridized carbons (Fsp3) is 0.231. The minimum Gasteiger partial charge on any atom is -0.338 e. The summed E-state index contributed by atoms with van der Waals surface area (Å²) in [6, 6.07) is 8.66. The molecule has 0 N–H and O–H groups in total. The quantitative estimate of drug-likeness (QED) is 0.760. The van der Waals surface area contributed by atoms with Crippen LogP contribution >= 0.6 is 0 Å². The molecule has 0 aliphatic carbocycles. The molecule has 0 unspecified atom stereocenters. The van der Waals surface area contributed by atoms with E-state index in [-0.39, 0.29) is 17.9 Å². The molecule has 5 heteroatoms. The number of nitrogens with zero attached hydrogens (tertiary/aromatic N) is 2. The number of hydrogen-bond donors (Lipinski definition) is 0. The lowest BCUT2D eigenvalue weighted by atomic mass is 10.2. The predicted molar refractivity (Wildman–Crippen MR) is 68.0 cm³/mol. The highest BCUT2D eigenvalue weighted by Gasteiger charge is 2.10. The van der Waals surface area contributed by atoms with Gasteiger partial charge < -0.3 is 4.57 Å². The Morgan fingerprint density at radius 3 is 2.78 bits per heavy atom. The average Bonchev–Trinajstić information content (AvgIpc) is 2.41. The second-order valence-electron chi connectivity index (χ2n) is 3.90. The molecule has 0 radical (unpaired) electrons. The van der Waals surface area contributed by atoms with Crippen LogP contribution in [-0.2, 0) is 16.2 Å². The van der Waals surface area contributed by atoms with Gasteiger partial charge in [-0.2, -0.15) is 0 Å². The molecule has 18 heavy (non-hydrogen) atoms. The summed E-state index contributed by atoms with van der Waals surface area (Å²) in [5.74, 6) is -0.189. The van der Waals surface area contributed by atoms with Crippen molar-refractivity contribution in [3.8, 4) is 0 Å². The van der Waals surface area contributed by atoms with E-state index in [9.17, 15) is 9.59 Å². The third-order valence-electron chi connectivity index (χ3n) is 2.82. The van der Waals surface area contributed by atoms with Gasteiger partial charge in [0.1, 0.15) is 6.54 Å². The van der Waals surface area contributed by atoms with Crippen molar-refractivity contribution in [2.75, 3.05) is 14.2 Å². The number of likely N-dealkylation sites (N-methyl/N-ethyl adjacent to an activating group) is 1. The van der Waals surface area contributed by atoms with E-state index in [1.807, 2.05) is 12.1 Å². The lowest BCUT2D eigenvalue weighted by Crippen LogP contribution is -2.29. The van der Waals surface area contributed by atoms with Gasteiger partial charge in [0, 0.05) is 24.7 Å². The minimum atomic E-state index is -0.189. The number of benzene rings is 1. The standard InChI is InChI=1S/C13H14N2O3/c1-14(18-2)13(17)9-15-8-7-12(16)10-5-3-4-6-11(10)15/h3-8H,9H2,1-2H3. The van der Waals surface area contributed by atoms with Crippen molar-refractivity contribution in [3.05, 3.63) is 46.8 Å². The van der Waals surface area contributed by atoms with E-state index in [0.717, 1.165) is 10.6 Å². The molecule has 0 aliphatic heterocycles. The molecule has 0 fully saturated rings. The van der Waals surface area contributed by atoms with E-state index in [1.165, 1.54) is 13.2 Å². The number of aromatic nitrogens is 1. The molecule has 1 aromatic carbocycles. The van der Waals surface area contributed by atoms with Gasteiger partial charge in [-0.25, -0.2) is 5.06 Å². The normalized spacial score (nSPS) is 10.6. The zero-order valence-electron chi connectivity index (χ0n) is 10.3. The maximum absolute atomic E-state index is 11.8. The van der Waals surface area contributed by atoms with E-state index in [2.05, 4.69) is 0 Å². The van der Waals surface area contributed by atoms with Crippen molar-refractivity contribution in [1.82, 2.24) is 9.63 Å². The molecule has 0 atom stereocenters. The highest BCUT2D eigenvalue weighted by Crippen LogP contribution is 2.09. The van der Waals surface area contributed by atoms with Crippen LogP contribution in [0, 0.1) is 0 Å². The van der Waals surface area contributed by atoms with Gasteiger partial charge in [0.15, 0.2) is 5.43 Å². The number of para-hydroxylation sites is 1. The number of fused-ring (bicyclic) bond motifs is 1. The van der Waals surface area contributed by atoms with Crippen molar-refractivity contribution >= 4 is 16.8 Å². The minimum absolute atomic E-state index is 0.0469. The van der Waals surface area contributed by atoms with E-state index in [1.54, 1.807) is 29.9 Å². The Morgan fingerprint density at radius 2 is 2.06 bits per heavy atom. The number of carbonyl (C=O) groups is 1. The summed E-state index contributed by atoms with van der Waals surface area (Å²) in [6.45, 7) is 0.130. The van der Waals surface area contributed by atoms with Crippen molar-refractivity contribution < 1.29 is 9.63 Å². The van der Waals surface area contributed by atoms with Gasteiger partial charge in [0.2, 0.25) is 0 Å². The van der Waals surface area contributed by atoms with Gasteiger partial charge in [-0.1, -0.05) is 12.1 Å². The molecule has 1 aromatic heterocycles. The fourth-order valence-corrected chi connectivity index (χ4v) is 1.75. The number of amides is 1. The molecule has 0 saturated carbocycles. The summed E-state index contributed by atoms with van der Waals surface area (Å²) >= 11 is 0. The Bertz CT molecular complexity index is 633. The topological polar surface area (TPSA) is 51.5 Å². The first-order chi connectivity index (χ1) is 8.63. The molecule has 2 rings (SSSR count). The van der Waals surface area contributed by atoms with Crippen LogP contribution in [0.1, 0.15) is 0 Å². The highest BCUT2D eigenvalue weighted by atomic mass is 16.7. The van der Waals surface area contributed by atoms with E-state index in [0.29, 0.717) is 5.39 Å². The second-order valence-corrected chi connectivity index (χ2v) is 3.90. The first kappa shape index (κ1) is 12.3. The van der Waals surface area contributed by atoms with Gasteiger partial charge in [-0.05, 0) is 12.1 Å². The van der Waals surface area contributed by atoms with Crippen molar-refractivity contribution in [3.63, 3.8) is 0 Å². The smallest absolute Gasteiger partial charge is 0.265 e. The van der Waals surface area contributed by atoms with E-state index >= 15 is 0 Å². The molecule has 0 saturated heterocycles. The lowest BCUT2D eigenvalue weighted by molar-refractivity contribution is -0.169. The number of pyridine rings is 1. The molecule has 94 valence electrons. The Balaban J connectivity index is 2.43. The van der Waals surface area contributed by atoms with Crippen molar-refractivity contribution in [2.24, 2.45) is 0 Å². The third-order valence-corrected chi connectivity index (χ3v) is 2.82. The number of carbonyl (C=O) groups excluding carboxylic acids is 1. The second kappa shape index (κ2) is 5.01. The van der Waals surface area contributed by atoms with Crippen LogP contribution in [0.3, 0.4) is 0 Å². The molecule has 1 amide bonds. The Kier molecular flexibility index (Phi) is 3.43. The summed E-state index contributed by atoms with van der Waals surface area (Å²) in [7, 11) is 2.98. The first-order valence-corrected chi connectivity index (χ1v) is 5.52. The maximum Gasteiger partial charge on any atom is 0.265 e. The molecule has 0 spiro atoms. The van der Waals surface area contributed by atoms with Crippen LogP contribution in [0.4, 0.5) is 0 Å². The lowest BCUT2D eigenvalue weighted by Gasteiger charge is -2.16. The van der Waals surface area contributed by atoms with Gasteiger partial charge in [-0.3, -0.25) is 14.4 Å². The molecule has 1 heterocycles. The molecular formula is C13H14N2O3. The zero-order chi connectivity index (χ0) is 13.1. The van der Waals surface area contributed by atoms with Gasteiger partial charge in [0.05, 0.1) is 12.6 Å². The van der Waals surface area contributed by atoms with Crippen molar-refractivity contribution in [1.29, 1.82) is 0 Å². The molecule has 0 aliphatic rings. The average molecular weight is 246 g/mol. The third kappa shape index (κ3) is 2.26. The summed E-state index contributed by atoms with van der Waals surface area (Å²) in [5, 5.41) is 1.76. The number of hydrogen-bond acceptors (Lipinski definition) is 3. The maximum atomic E-state index is 11.8. The highest BCUT2D eigenvalue weighted by molar-refractivity contribution is 5.81. The van der Waals surface area contributed by atoms with Gasteiger partial charge in [-0.15, -0.1) is 0 Å². The summed E-state index contributed by atoms with van der Waals surface area (Å²) in [4.78, 5) is 28.3. The number of rotatable bonds is 3. The van der Waals surface area contributed by atoms with Gasteiger partial charge in [0.25, 0.3) is 5.91 Å². The van der Waals surface area contributed by atoms with E-state index in [4.69, 9.17) is 4.84 Å². The zero-order valence-corrected chi connectivity index (χ0v) is 10.3. The number of hydroxylamine groups is 2. The van der Waals surface area contributed by atoms with Crippen LogP contribution in [0.15, 0.2) is 41.3 Å². The summed E-state index contributed by atoms with van der Waals surface area (Å²) < 4.78 is 1.73. The Labute approximate surface area is 104 Å². The van der Waals surface area contributed by atoms with Gasteiger partial charge >= 0.3 is 0 Å². The van der Waals surface area contributed by atoms with Crippen LogP contribution in [0.5, 0.6) is 0 Å².